The Morgan fingerprint density at radius 2 is 2.14 bits per heavy atom. The predicted octanol–water partition coefficient (Wildman–Crippen LogP) is 2.05. The lowest BCUT2D eigenvalue weighted by Gasteiger charge is -2.32. The van der Waals surface area contributed by atoms with Gasteiger partial charge >= 0.3 is 0 Å². The van der Waals surface area contributed by atoms with Gasteiger partial charge in [0.25, 0.3) is 0 Å². The van der Waals surface area contributed by atoms with Crippen molar-refractivity contribution in [1.82, 2.24) is 10.2 Å². The fourth-order valence-corrected chi connectivity index (χ4v) is 2.79. The fraction of sp³-hybridized carbons (Fsp3) is 0.588. The van der Waals surface area contributed by atoms with Crippen LogP contribution >= 0.6 is 0 Å². The topological polar surface area (TPSA) is 41.6 Å². The van der Waals surface area contributed by atoms with Crippen LogP contribution in [0.25, 0.3) is 0 Å². The zero-order valence-electron chi connectivity index (χ0n) is 13.0. The molecule has 1 aliphatic heterocycles. The number of amides is 1. The van der Waals surface area contributed by atoms with Crippen LogP contribution in [0.3, 0.4) is 0 Å². The third-order valence-corrected chi connectivity index (χ3v) is 4.06. The van der Waals surface area contributed by atoms with Crippen LogP contribution in [0.2, 0.25) is 0 Å². The van der Waals surface area contributed by atoms with Crippen molar-refractivity contribution >= 4 is 5.91 Å². The Labute approximate surface area is 127 Å². The van der Waals surface area contributed by atoms with E-state index in [4.69, 9.17) is 4.74 Å². The normalized spacial score (nSPS) is 22.0. The van der Waals surface area contributed by atoms with Crippen LogP contribution in [0, 0.1) is 5.92 Å². The standard InChI is InChI=1S/C17H26N2O2/c1-14-8-9-18-16(12-14)17(20)19(10-11-21-2)13-15-6-4-3-5-7-15/h3-7,14,16,18H,8-13H2,1-2H3. The van der Waals surface area contributed by atoms with Crippen molar-refractivity contribution in [2.24, 2.45) is 5.92 Å². The SMILES string of the molecule is COCCN(Cc1ccccc1)C(=O)C1CC(C)CCN1. The number of piperidine rings is 1. The Hall–Kier alpha value is -1.39. The first kappa shape index (κ1) is 16.0. The summed E-state index contributed by atoms with van der Waals surface area (Å²) in [4.78, 5) is 14.7. The highest BCUT2D eigenvalue weighted by Gasteiger charge is 2.28. The van der Waals surface area contributed by atoms with Crippen LogP contribution in [0.15, 0.2) is 30.3 Å². The van der Waals surface area contributed by atoms with Crippen molar-refractivity contribution in [1.29, 1.82) is 0 Å². The van der Waals surface area contributed by atoms with E-state index >= 15 is 0 Å². The van der Waals surface area contributed by atoms with Gasteiger partial charge in [0.1, 0.15) is 0 Å². The molecule has 116 valence electrons. The molecular formula is C17H26N2O2. The highest BCUT2D eigenvalue weighted by molar-refractivity contribution is 5.82. The number of carbonyl (C=O) groups excluding carboxylic acids is 1. The zero-order chi connectivity index (χ0) is 15.1. The van der Waals surface area contributed by atoms with E-state index in [9.17, 15) is 4.79 Å². The second-order valence-corrected chi connectivity index (χ2v) is 5.87. The Morgan fingerprint density at radius 1 is 1.38 bits per heavy atom. The van der Waals surface area contributed by atoms with E-state index in [1.807, 2.05) is 23.1 Å². The maximum atomic E-state index is 12.8. The number of rotatable bonds is 6. The smallest absolute Gasteiger partial charge is 0.240 e. The molecule has 0 spiro atoms. The van der Waals surface area contributed by atoms with Crippen LogP contribution in [-0.2, 0) is 16.1 Å². The summed E-state index contributed by atoms with van der Waals surface area (Å²) < 4.78 is 5.15. The van der Waals surface area contributed by atoms with Crippen molar-refractivity contribution in [3.63, 3.8) is 0 Å². The van der Waals surface area contributed by atoms with Crippen LogP contribution in [-0.4, -0.2) is 43.7 Å². The van der Waals surface area contributed by atoms with Crippen molar-refractivity contribution in [3.8, 4) is 0 Å². The second-order valence-electron chi connectivity index (χ2n) is 5.87. The highest BCUT2D eigenvalue weighted by atomic mass is 16.5. The van der Waals surface area contributed by atoms with Gasteiger partial charge in [0.05, 0.1) is 12.6 Å². The fourth-order valence-electron chi connectivity index (χ4n) is 2.79. The summed E-state index contributed by atoms with van der Waals surface area (Å²) in [5.41, 5.74) is 1.16. The Balaban J connectivity index is 2.02. The lowest BCUT2D eigenvalue weighted by Crippen LogP contribution is -2.50. The molecule has 21 heavy (non-hydrogen) atoms. The number of nitrogens with one attached hydrogen (secondary N) is 1. The van der Waals surface area contributed by atoms with Crippen molar-refractivity contribution in [2.75, 3.05) is 26.8 Å². The third kappa shape index (κ3) is 4.83. The molecule has 1 saturated heterocycles. The van der Waals surface area contributed by atoms with Gasteiger partial charge in [-0.15, -0.1) is 0 Å². The molecule has 2 rings (SSSR count). The molecule has 0 saturated carbocycles. The molecule has 1 aliphatic rings. The molecule has 0 aliphatic carbocycles. The number of nitrogens with zero attached hydrogens (tertiary/aromatic N) is 1. The molecule has 1 amide bonds. The van der Waals surface area contributed by atoms with Gasteiger partial charge < -0.3 is 15.0 Å². The van der Waals surface area contributed by atoms with Gasteiger partial charge in [0.15, 0.2) is 0 Å². The first-order chi connectivity index (χ1) is 10.2. The summed E-state index contributed by atoms with van der Waals surface area (Å²) >= 11 is 0. The minimum absolute atomic E-state index is 0.0469. The van der Waals surface area contributed by atoms with Gasteiger partial charge in [-0.05, 0) is 30.9 Å². The summed E-state index contributed by atoms with van der Waals surface area (Å²) in [5.74, 6) is 0.809. The average molecular weight is 290 g/mol. The Kier molecular flexibility index (Phi) is 6.21. The molecule has 4 heteroatoms. The summed E-state index contributed by atoms with van der Waals surface area (Å²) in [6.45, 7) is 5.01. The van der Waals surface area contributed by atoms with Crippen molar-refractivity contribution in [2.45, 2.75) is 32.4 Å². The molecule has 0 radical (unpaired) electrons. The minimum Gasteiger partial charge on any atom is -0.383 e. The molecular weight excluding hydrogens is 264 g/mol. The van der Waals surface area contributed by atoms with E-state index < -0.39 is 0 Å². The van der Waals surface area contributed by atoms with Gasteiger partial charge in [-0.2, -0.15) is 0 Å². The van der Waals surface area contributed by atoms with Crippen LogP contribution in [0.4, 0.5) is 0 Å². The van der Waals surface area contributed by atoms with Crippen LogP contribution in [0.1, 0.15) is 25.3 Å². The van der Waals surface area contributed by atoms with E-state index in [-0.39, 0.29) is 11.9 Å². The summed E-state index contributed by atoms with van der Waals surface area (Å²) in [7, 11) is 1.67. The molecule has 1 N–H and O–H groups in total. The van der Waals surface area contributed by atoms with E-state index in [1.54, 1.807) is 7.11 Å². The number of hydrogen-bond acceptors (Lipinski definition) is 3. The average Bonchev–Trinajstić information content (AvgIpc) is 2.51. The second kappa shape index (κ2) is 8.15. The van der Waals surface area contributed by atoms with Gasteiger partial charge in [-0.25, -0.2) is 0 Å². The minimum atomic E-state index is -0.0469. The highest BCUT2D eigenvalue weighted by Crippen LogP contribution is 2.17. The summed E-state index contributed by atoms with van der Waals surface area (Å²) in [6, 6.07) is 10.1. The lowest BCUT2D eigenvalue weighted by atomic mass is 9.93. The number of carbonyl (C=O) groups is 1. The van der Waals surface area contributed by atoms with Gasteiger partial charge in [0.2, 0.25) is 5.91 Å². The first-order valence-corrected chi connectivity index (χ1v) is 7.75. The largest absolute Gasteiger partial charge is 0.383 e. The number of ether oxygens (including phenoxy) is 1. The van der Waals surface area contributed by atoms with Gasteiger partial charge in [0, 0.05) is 20.2 Å². The zero-order valence-corrected chi connectivity index (χ0v) is 13.0. The Bertz CT molecular complexity index is 436. The monoisotopic (exact) mass is 290 g/mol. The Morgan fingerprint density at radius 3 is 2.81 bits per heavy atom. The summed E-state index contributed by atoms with van der Waals surface area (Å²) in [6.07, 6.45) is 2.08. The number of methoxy groups -OCH3 is 1. The molecule has 1 fully saturated rings. The molecule has 0 bridgehead atoms. The van der Waals surface area contributed by atoms with Crippen molar-refractivity contribution < 1.29 is 9.53 Å². The predicted molar refractivity (Wildman–Crippen MR) is 83.9 cm³/mol. The summed E-state index contributed by atoms with van der Waals surface area (Å²) in [5, 5.41) is 3.36. The van der Waals surface area contributed by atoms with E-state index in [0.29, 0.717) is 25.6 Å². The quantitative estimate of drug-likeness (QED) is 0.872. The van der Waals surface area contributed by atoms with E-state index in [1.165, 1.54) is 0 Å². The maximum Gasteiger partial charge on any atom is 0.240 e. The number of benzene rings is 1. The molecule has 2 atom stereocenters. The lowest BCUT2D eigenvalue weighted by molar-refractivity contribution is -0.135. The molecule has 1 heterocycles. The molecule has 2 unspecified atom stereocenters. The maximum absolute atomic E-state index is 12.8. The number of hydrogen-bond donors (Lipinski definition) is 1. The van der Waals surface area contributed by atoms with Gasteiger partial charge in [-0.1, -0.05) is 37.3 Å². The van der Waals surface area contributed by atoms with Gasteiger partial charge in [-0.3, -0.25) is 4.79 Å². The van der Waals surface area contributed by atoms with Crippen molar-refractivity contribution in [3.05, 3.63) is 35.9 Å². The molecule has 4 nitrogen and oxygen atoms in total. The van der Waals surface area contributed by atoms with Crippen LogP contribution < -0.4 is 5.32 Å². The first-order valence-electron chi connectivity index (χ1n) is 7.75. The van der Waals surface area contributed by atoms with E-state index in [2.05, 4.69) is 24.4 Å². The van der Waals surface area contributed by atoms with Crippen LogP contribution in [0.5, 0.6) is 0 Å². The third-order valence-electron chi connectivity index (χ3n) is 4.06. The van der Waals surface area contributed by atoms with E-state index in [0.717, 1.165) is 24.9 Å². The molecule has 0 aromatic heterocycles. The molecule has 1 aromatic rings. The molecule has 1 aromatic carbocycles.